The van der Waals surface area contributed by atoms with Crippen LogP contribution < -0.4 is 10.5 Å². The Hall–Kier alpha value is -1.59. The smallest absolute Gasteiger partial charge is 0.129 e. The number of hydrogen-bond acceptors (Lipinski definition) is 4. The van der Waals surface area contributed by atoms with Gasteiger partial charge in [-0.05, 0) is 24.2 Å². The van der Waals surface area contributed by atoms with Crippen molar-refractivity contribution in [3.05, 3.63) is 29.3 Å². The largest absolute Gasteiger partial charge is 0.496 e. The quantitative estimate of drug-likeness (QED) is 0.551. The maximum atomic E-state index is 7.58. The average Bonchev–Trinajstić information content (AvgIpc) is 2.43. The number of methoxy groups -OCH3 is 2. The van der Waals surface area contributed by atoms with Crippen LogP contribution in [0.2, 0.25) is 0 Å². The van der Waals surface area contributed by atoms with Crippen LogP contribution in [0.5, 0.6) is 5.75 Å². The van der Waals surface area contributed by atoms with E-state index < -0.39 is 0 Å². The minimum absolute atomic E-state index is 0.0265. The van der Waals surface area contributed by atoms with Crippen LogP contribution in [0.15, 0.2) is 18.2 Å². The number of rotatable bonds is 8. The fraction of sp³-hybridized carbons (Fsp3) is 0.500. The molecule has 0 spiro atoms. The summed E-state index contributed by atoms with van der Waals surface area (Å²) in [6.45, 7) is 5.47. The Morgan fingerprint density at radius 2 is 2.11 bits per heavy atom. The summed E-state index contributed by atoms with van der Waals surface area (Å²) in [7, 11) is 3.29. The molecule has 0 fully saturated rings. The summed E-state index contributed by atoms with van der Waals surface area (Å²) in [5.41, 5.74) is 7.33. The predicted molar refractivity (Wildman–Crippen MR) is 76.8 cm³/mol. The van der Waals surface area contributed by atoms with Crippen molar-refractivity contribution in [2.24, 2.45) is 5.73 Å². The van der Waals surface area contributed by atoms with Crippen LogP contribution >= 0.6 is 0 Å². The highest BCUT2D eigenvalue weighted by Crippen LogP contribution is 2.20. The van der Waals surface area contributed by atoms with Gasteiger partial charge >= 0.3 is 0 Å². The van der Waals surface area contributed by atoms with Crippen molar-refractivity contribution in [2.45, 2.75) is 13.5 Å². The second kappa shape index (κ2) is 7.76. The lowest BCUT2D eigenvalue weighted by Crippen LogP contribution is -2.27. The van der Waals surface area contributed by atoms with E-state index in [1.165, 1.54) is 0 Å². The fourth-order valence-corrected chi connectivity index (χ4v) is 1.89. The van der Waals surface area contributed by atoms with E-state index in [0.717, 1.165) is 25.2 Å². The molecule has 1 aromatic rings. The second-order valence-electron chi connectivity index (χ2n) is 4.31. The Kier molecular flexibility index (Phi) is 6.32. The lowest BCUT2D eigenvalue weighted by atomic mass is 10.1. The minimum atomic E-state index is 0.0265. The first-order valence-electron chi connectivity index (χ1n) is 6.35. The van der Waals surface area contributed by atoms with Gasteiger partial charge in [0.1, 0.15) is 11.6 Å². The van der Waals surface area contributed by atoms with E-state index in [0.29, 0.717) is 17.9 Å². The molecule has 0 atom stereocenters. The number of amidine groups is 1. The van der Waals surface area contributed by atoms with Crippen molar-refractivity contribution in [1.29, 1.82) is 5.41 Å². The number of benzene rings is 1. The molecule has 0 amide bonds. The van der Waals surface area contributed by atoms with E-state index in [2.05, 4.69) is 11.8 Å². The first-order chi connectivity index (χ1) is 9.12. The molecule has 0 aliphatic rings. The lowest BCUT2D eigenvalue weighted by Gasteiger charge is -2.20. The van der Waals surface area contributed by atoms with Gasteiger partial charge in [0.2, 0.25) is 0 Å². The Morgan fingerprint density at radius 3 is 2.63 bits per heavy atom. The average molecular weight is 265 g/mol. The Labute approximate surface area is 114 Å². The van der Waals surface area contributed by atoms with E-state index in [1.54, 1.807) is 14.2 Å². The normalized spacial score (nSPS) is 10.7. The van der Waals surface area contributed by atoms with E-state index >= 15 is 0 Å². The molecule has 3 N–H and O–H groups in total. The first kappa shape index (κ1) is 15.5. The first-order valence-corrected chi connectivity index (χ1v) is 6.35. The zero-order chi connectivity index (χ0) is 14.3. The molecule has 0 aromatic heterocycles. The van der Waals surface area contributed by atoms with Gasteiger partial charge in [-0.2, -0.15) is 0 Å². The third-order valence-electron chi connectivity index (χ3n) is 3.02. The number of ether oxygens (including phenoxy) is 2. The molecule has 0 bridgehead atoms. The highest BCUT2D eigenvalue weighted by atomic mass is 16.5. The maximum absolute atomic E-state index is 7.58. The van der Waals surface area contributed by atoms with Gasteiger partial charge in [-0.15, -0.1) is 0 Å². The molecule has 0 unspecified atom stereocenters. The molecule has 19 heavy (non-hydrogen) atoms. The van der Waals surface area contributed by atoms with E-state index in [1.807, 2.05) is 18.2 Å². The zero-order valence-electron chi connectivity index (χ0n) is 11.9. The SMILES string of the molecule is CCN(CCOC)Cc1ccc(OC)c(C(=N)N)c1. The van der Waals surface area contributed by atoms with E-state index in [9.17, 15) is 0 Å². The van der Waals surface area contributed by atoms with Crippen molar-refractivity contribution in [2.75, 3.05) is 33.9 Å². The van der Waals surface area contributed by atoms with Crippen LogP contribution in [0.25, 0.3) is 0 Å². The molecule has 5 nitrogen and oxygen atoms in total. The number of hydrogen-bond donors (Lipinski definition) is 2. The van der Waals surface area contributed by atoms with Crippen molar-refractivity contribution in [1.82, 2.24) is 4.90 Å². The summed E-state index contributed by atoms with van der Waals surface area (Å²) in [6.07, 6.45) is 0. The second-order valence-corrected chi connectivity index (χ2v) is 4.31. The van der Waals surface area contributed by atoms with E-state index in [4.69, 9.17) is 20.6 Å². The molecular formula is C14H23N3O2. The molecule has 0 radical (unpaired) electrons. The van der Waals surface area contributed by atoms with Gasteiger partial charge in [-0.1, -0.05) is 13.0 Å². The monoisotopic (exact) mass is 265 g/mol. The Balaban J connectivity index is 2.83. The number of nitrogen functional groups attached to an aromatic ring is 1. The molecular weight excluding hydrogens is 242 g/mol. The van der Waals surface area contributed by atoms with Gasteiger partial charge in [-0.25, -0.2) is 0 Å². The van der Waals surface area contributed by atoms with Crippen LogP contribution in [0.4, 0.5) is 0 Å². The number of nitrogens with zero attached hydrogens (tertiary/aromatic N) is 1. The predicted octanol–water partition coefficient (Wildman–Crippen LogP) is 1.45. The van der Waals surface area contributed by atoms with Gasteiger partial charge in [0.25, 0.3) is 0 Å². The number of nitrogens with one attached hydrogen (secondary N) is 1. The van der Waals surface area contributed by atoms with Crippen molar-refractivity contribution >= 4 is 5.84 Å². The summed E-state index contributed by atoms with van der Waals surface area (Å²) in [5.74, 6) is 0.662. The van der Waals surface area contributed by atoms with Crippen molar-refractivity contribution in [3.63, 3.8) is 0 Å². The van der Waals surface area contributed by atoms with Gasteiger partial charge in [-0.3, -0.25) is 10.3 Å². The topological polar surface area (TPSA) is 71.6 Å². The van der Waals surface area contributed by atoms with E-state index in [-0.39, 0.29) is 5.84 Å². The third-order valence-corrected chi connectivity index (χ3v) is 3.02. The third kappa shape index (κ3) is 4.54. The van der Waals surface area contributed by atoms with Crippen LogP contribution in [-0.2, 0) is 11.3 Å². The summed E-state index contributed by atoms with van der Waals surface area (Å²) in [4.78, 5) is 2.27. The molecule has 0 saturated carbocycles. The summed E-state index contributed by atoms with van der Waals surface area (Å²) in [5, 5.41) is 7.58. The molecule has 0 aliphatic heterocycles. The molecule has 1 rings (SSSR count). The number of nitrogens with two attached hydrogens (primary N) is 1. The Bertz CT molecular complexity index is 421. The maximum Gasteiger partial charge on any atom is 0.129 e. The summed E-state index contributed by atoms with van der Waals surface area (Å²) in [6, 6.07) is 5.77. The van der Waals surface area contributed by atoms with Gasteiger partial charge in [0.05, 0.1) is 19.3 Å². The molecule has 0 heterocycles. The molecule has 106 valence electrons. The van der Waals surface area contributed by atoms with Crippen molar-refractivity contribution < 1.29 is 9.47 Å². The zero-order valence-corrected chi connectivity index (χ0v) is 11.9. The van der Waals surface area contributed by atoms with Crippen molar-refractivity contribution in [3.8, 4) is 5.75 Å². The minimum Gasteiger partial charge on any atom is -0.496 e. The van der Waals surface area contributed by atoms with Crippen LogP contribution in [0.3, 0.4) is 0 Å². The molecule has 5 heteroatoms. The van der Waals surface area contributed by atoms with Crippen LogP contribution in [0.1, 0.15) is 18.1 Å². The standard InChI is InChI=1S/C14H23N3O2/c1-4-17(7-8-18-2)10-11-5-6-13(19-3)12(9-11)14(15)16/h5-6,9H,4,7-8,10H2,1-3H3,(H3,15,16). The summed E-state index contributed by atoms with van der Waals surface area (Å²) < 4.78 is 10.3. The Morgan fingerprint density at radius 1 is 1.37 bits per heavy atom. The fourth-order valence-electron chi connectivity index (χ4n) is 1.89. The number of likely N-dealkylation sites (N-methyl/N-ethyl adjacent to an activating group) is 1. The highest BCUT2D eigenvalue weighted by molar-refractivity contribution is 5.97. The molecule has 0 aliphatic carbocycles. The summed E-state index contributed by atoms with van der Waals surface area (Å²) >= 11 is 0. The highest BCUT2D eigenvalue weighted by Gasteiger charge is 2.09. The van der Waals surface area contributed by atoms with Crippen LogP contribution in [-0.4, -0.2) is 44.7 Å². The lowest BCUT2D eigenvalue weighted by molar-refractivity contribution is 0.147. The van der Waals surface area contributed by atoms with Gasteiger partial charge in [0.15, 0.2) is 0 Å². The molecule has 1 aromatic carbocycles. The van der Waals surface area contributed by atoms with Crippen LogP contribution in [0, 0.1) is 5.41 Å². The molecule has 0 saturated heterocycles. The van der Waals surface area contributed by atoms with Gasteiger partial charge < -0.3 is 15.2 Å². The van der Waals surface area contributed by atoms with Gasteiger partial charge in [0, 0.05) is 20.2 Å².